The van der Waals surface area contributed by atoms with Crippen LogP contribution in [0.2, 0.25) is 0 Å². The van der Waals surface area contributed by atoms with Gasteiger partial charge in [0.05, 0.1) is 18.8 Å². The second kappa shape index (κ2) is 5.29. The lowest BCUT2D eigenvalue weighted by Gasteiger charge is -2.20. The Kier molecular flexibility index (Phi) is 4.26. The summed E-state index contributed by atoms with van der Waals surface area (Å²) >= 11 is 0. The van der Waals surface area contributed by atoms with E-state index in [2.05, 4.69) is 4.98 Å². The first-order valence-electron chi connectivity index (χ1n) is 5.30. The molecule has 0 spiro atoms. The smallest absolute Gasteiger partial charge is 0.262 e. The van der Waals surface area contributed by atoms with Gasteiger partial charge in [0.2, 0.25) is 0 Å². The first kappa shape index (κ1) is 13.7. The summed E-state index contributed by atoms with van der Waals surface area (Å²) in [5.41, 5.74) is 0. The molecule has 0 aliphatic rings. The topological polar surface area (TPSA) is 79.0 Å². The van der Waals surface area contributed by atoms with E-state index in [1.807, 2.05) is 13.0 Å². The van der Waals surface area contributed by atoms with E-state index >= 15 is 0 Å². The molecule has 0 bridgehead atoms. The molecule has 0 radical (unpaired) electrons. The monoisotopic (exact) mass is 256 g/mol. The fourth-order valence-electron chi connectivity index (χ4n) is 1.29. The van der Waals surface area contributed by atoms with E-state index < -0.39 is 10.0 Å². The minimum atomic E-state index is -3.60. The van der Waals surface area contributed by atoms with E-state index in [4.69, 9.17) is 5.26 Å². The van der Waals surface area contributed by atoms with Gasteiger partial charge in [-0.25, -0.2) is 13.4 Å². The van der Waals surface area contributed by atoms with Crippen molar-refractivity contribution in [2.24, 2.45) is 0 Å². The predicted molar refractivity (Wildman–Crippen MR) is 62.5 cm³/mol. The second-order valence-corrected chi connectivity index (χ2v) is 5.72. The van der Waals surface area contributed by atoms with Crippen molar-refractivity contribution in [3.05, 3.63) is 12.5 Å². The molecule has 17 heavy (non-hydrogen) atoms. The molecule has 6 nitrogen and oxygen atoms in total. The molecule has 1 unspecified atom stereocenters. The average molecular weight is 256 g/mol. The minimum absolute atomic E-state index is 0.0200. The third-order valence-corrected chi connectivity index (χ3v) is 4.48. The number of imidazole rings is 1. The van der Waals surface area contributed by atoms with Gasteiger partial charge in [0.25, 0.3) is 10.0 Å². The molecule has 1 aromatic rings. The van der Waals surface area contributed by atoms with Crippen LogP contribution in [0, 0.1) is 11.3 Å². The van der Waals surface area contributed by atoms with Crippen molar-refractivity contribution in [1.82, 2.24) is 13.9 Å². The standard InChI is InChI=1S/C10H16N4O2S/c1-4-14-7-10(12-8-14)17(15,16)13(3)9(2)5-6-11/h7-9H,4-5H2,1-3H3. The van der Waals surface area contributed by atoms with Crippen LogP contribution in [-0.4, -0.2) is 35.4 Å². The Morgan fingerprint density at radius 3 is 2.76 bits per heavy atom. The normalized spacial score (nSPS) is 13.6. The quantitative estimate of drug-likeness (QED) is 0.781. The molecule has 0 aliphatic heterocycles. The van der Waals surface area contributed by atoms with Crippen molar-refractivity contribution in [2.45, 2.75) is 37.9 Å². The fraction of sp³-hybridized carbons (Fsp3) is 0.600. The zero-order chi connectivity index (χ0) is 13.1. The van der Waals surface area contributed by atoms with Crippen molar-refractivity contribution in [3.63, 3.8) is 0 Å². The van der Waals surface area contributed by atoms with E-state index in [0.717, 1.165) is 0 Å². The Balaban J connectivity index is 2.99. The molecule has 1 atom stereocenters. The van der Waals surface area contributed by atoms with Gasteiger partial charge in [0.1, 0.15) is 0 Å². The van der Waals surface area contributed by atoms with Crippen LogP contribution in [0.25, 0.3) is 0 Å². The largest absolute Gasteiger partial charge is 0.336 e. The Labute approximate surface area is 102 Å². The summed E-state index contributed by atoms with van der Waals surface area (Å²) in [6, 6.07) is 1.59. The Morgan fingerprint density at radius 2 is 2.29 bits per heavy atom. The maximum absolute atomic E-state index is 12.1. The Hall–Kier alpha value is -1.39. The lowest BCUT2D eigenvalue weighted by atomic mass is 10.3. The highest BCUT2D eigenvalue weighted by Gasteiger charge is 2.27. The molecule has 1 aromatic heterocycles. The Bertz CT molecular complexity index is 515. The van der Waals surface area contributed by atoms with Crippen LogP contribution in [0.15, 0.2) is 17.6 Å². The van der Waals surface area contributed by atoms with Gasteiger partial charge in [-0.3, -0.25) is 0 Å². The Morgan fingerprint density at radius 1 is 1.65 bits per heavy atom. The van der Waals surface area contributed by atoms with E-state index in [1.54, 1.807) is 11.5 Å². The number of rotatable bonds is 5. The maximum atomic E-state index is 12.1. The summed E-state index contributed by atoms with van der Waals surface area (Å²) in [5, 5.41) is 8.59. The number of hydrogen-bond donors (Lipinski definition) is 0. The zero-order valence-electron chi connectivity index (χ0n) is 10.2. The maximum Gasteiger partial charge on any atom is 0.262 e. The number of nitriles is 1. The van der Waals surface area contributed by atoms with Gasteiger partial charge in [-0.1, -0.05) is 0 Å². The number of hydrogen-bond acceptors (Lipinski definition) is 4. The highest BCUT2D eigenvalue weighted by molar-refractivity contribution is 7.89. The number of nitrogens with zero attached hydrogens (tertiary/aromatic N) is 4. The third-order valence-electron chi connectivity index (χ3n) is 2.63. The van der Waals surface area contributed by atoms with Gasteiger partial charge in [-0.2, -0.15) is 9.57 Å². The van der Waals surface area contributed by atoms with Crippen molar-refractivity contribution >= 4 is 10.0 Å². The number of aromatic nitrogens is 2. The van der Waals surface area contributed by atoms with E-state index in [9.17, 15) is 8.42 Å². The van der Waals surface area contributed by atoms with Crippen LogP contribution in [0.3, 0.4) is 0 Å². The van der Waals surface area contributed by atoms with E-state index in [-0.39, 0.29) is 17.5 Å². The van der Waals surface area contributed by atoms with Gasteiger partial charge >= 0.3 is 0 Å². The predicted octanol–water partition coefficient (Wildman–Crippen LogP) is 0.826. The highest BCUT2D eigenvalue weighted by Crippen LogP contribution is 2.15. The fourth-order valence-corrected chi connectivity index (χ4v) is 2.58. The molecule has 0 saturated heterocycles. The van der Waals surface area contributed by atoms with Gasteiger partial charge in [-0.15, -0.1) is 0 Å². The molecule has 94 valence electrons. The molecule has 0 N–H and O–H groups in total. The average Bonchev–Trinajstić information content (AvgIpc) is 2.77. The molecule has 1 heterocycles. The van der Waals surface area contributed by atoms with Crippen LogP contribution in [0.5, 0.6) is 0 Å². The first-order valence-corrected chi connectivity index (χ1v) is 6.74. The molecule has 0 aliphatic carbocycles. The molecule has 0 saturated carbocycles. The van der Waals surface area contributed by atoms with Gasteiger partial charge in [-0.05, 0) is 13.8 Å². The number of aryl methyl sites for hydroxylation is 1. The van der Waals surface area contributed by atoms with Crippen molar-refractivity contribution < 1.29 is 8.42 Å². The van der Waals surface area contributed by atoms with Crippen LogP contribution in [0.4, 0.5) is 0 Å². The lowest BCUT2D eigenvalue weighted by molar-refractivity contribution is 0.391. The van der Waals surface area contributed by atoms with Crippen LogP contribution >= 0.6 is 0 Å². The molecule has 0 amide bonds. The van der Waals surface area contributed by atoms with Gasteiger partial charge in [0.15, 0.2) is 5.03 Å². The summed E-state index contributed by atoms with van der Waals surface area (Å²) in [6.07, 6.45) is 3.13. The molecule has 0 fully saturated rings. The first-order chi connectivity index (χ1) is 7.93. The highest BCUT2D eigenvalue weighted by atomic mass is 32.2. The van der Waals surface area contributed by atoms with Crippen molar-refractivity contribution in [1.29, 1.82) is 5.26 Å². The second-order valence-electron chi connectivity index (χ2n) is 3.77. The molecular weight excluding hydrogens is 240 g/mol. The van der Waals surface area contributed by atoms with E-state index in [0.29, 0.717) is 6.54 Å². The molecule has 1 rings (SSSR count). The summed E-state index contributed by atoms with van der Waals surface area (Å²) in [6.45, 7) is 4.26. The van der Waals surface area contributed by atoms with Crippen LogP contribution in [0.1, 0.15) is 20.3 Å². The van der Waals surface area contributed by atoms with E-state index in [1.165, 1.54) is 23.9 Å². The third kappa shape index (κ3) is 2.84. The number of sulfonamides is 1. The van der Waals surface area contributed by atoms with Crippen LogP contribution in [-0.2, 0) is 16.6 Å². The van der Waals surface area contributed by atoms with Gasteiger partial charge in [0, 0.05) is 25.8 Å². The SMILES string of the molecule is CCn1cnc(S(=O)(=O)N(C)C(C)CC#N)c1. The summed E-state index contributed by atoms with van der Waals surface area (Å²) in [7, 11) is -2.14. The molecule has 0 aromatic carbocycles. The zero-order valence-corrected chi connectivity index (χ0v) is 11.0. The van der Waals surface area contributed by atoms with Crippen LogP contribution < -0.4 is 0 Å². The minimum Gasteiger partial charge on any atom is -0.336 e. The van der Waals surface area contributed by atoms with Gasteiger partial charge < -0.3 is 4.57 Å². The van der Waals surface area contributed by atoms with Crippen molar-refractivity contribution in [2.75, 3.05) is 7.05 Å². The lowest BCUT2D eigenvalue weighted by Crippen LogP contribution is -2.35. The summed E-state index contributed by atoms with van der Waals surface area (Å²) in [4.78, 5) is 3.87. The summed E-state index contributed by atoms with van der Waals surface area (Å²) < 4.78 is 27.1. The molecule has 7 heteroatoms. The van der Waals surface area contributed by atoms with Crippen molar-refractivity contribution in [3.8, 4) is 6.07 Å². The summed E-state index contributed by atoms with van der Waals surface area (Å²) in [5.74, 6) is 0. The molecular formula is C10H16N4O2S.